The summed E-state index contributed by atoms with van der Waals surface area (Å²) in [5.41, 5.74) is 1.06. The number of allylic oxidation sites excluding steroid dienone is 1. The first-order chi connectivity index (χ1) is 17.1. The number of rotatable bonds is 8. The fourth-order valence-corrected chi connectivity index (χ4v) is 4.83. The summed E-state index contributed by atoms with van der Waals surface area (Å²) in [4.78, 5) is 12.7. The minimum atomic E-state index is -0.395. The van der Waals surface area contributed by atoms with Crippen LogP contribution in [-0.4, -0.2) is 33.0 Å². The molecule has 1 aliphatic heterocycles. The molecule has 0 saturated carbocycles. The zero-order valence-electron chi connectivity index (χ0n) is 19.4. The molecule has 7 nitrogen and oxygen atoms in total. The molecule has 1 aliphatic rings. The van der Waals surface area contributed by atoms with Crippen LogP contribution in [0.1, 0.15) is 30.5 Å². The normalized spacial score (nSPS) is 15.5. The minimum Gasteiger partial charge on any atom is -0.485 e. The largest absolute Gasteiger partial charge is 0.485 e. The minimum absolute atomic E-state index is 0.0726. The van der Waals surface area contributed by atoms with Crippen LogP contribution in [0.15, 0.2) is 84.5 Å². The van der Waals surface area contributed by atoms with Crippen LogP contribution in [0.5, 0.6) is 11.5 Å². The van der Waals surface area contributed by atoms with Crippen LogP contribution in [0.2, 0.25) is 0 Å². The molecule has 5 rings (SSSR count). The average Bonchev–Trinajstić information content (AvgIpc) is 3.29. The lowest BCUT2D eigenvalue weighted by atomic mass is 10.0. The van der Waals surface area contributed by atoms with Crippen LogP contribution in [0.4, 0.5) is 0 Å². The van der Waals surface area contributed by atoms with Gasteiger partial charge in [0.25, 0.3) is 0 Å². The van der Waals surface area contributed by atoms with E-state index in [4.69, 9.17) is 9.47 Å². The van der Waals surface area contributed by atoms with Gasteiger partial charge in [-0.1, -0.05) is 66.4 Å². The van der Waals surface area contributed by atoms with Crippen LogP contribution in [0.3, 0.4) is 0 Å². The summed E-state index contributed by atoms with van der Waals surface area (Å²) in [6.07, 6.45) is 1.38. The van der Waals surface area contributed by atoms with Gasteiger partial charge in [0.05, 0.1) is 11.8 Å². The molecule has 0 radical (unpaired) electrons. The highest BCUT2D eigenvalue weighted by atomic mass is 32.2. The van der Waals surface area contributed by atoms with Crippen LogP contribution < -0.4 is 14.8 Å². The average molecular weight is 487 g/mol. The molecular formula is C27H26N4O3S. The number of carbonyl (C=O) groups excluding carboxylic acids is 1. The quantitative estimate of drug-likeness (QED) is 0.276. The topological polar surface area (TPSA) is 78.3 Å². The Balaban J connectivity index is 1.24. The molecule has 2 heterocycles. The molecule has 2 atom stereocenters. The number of para-hydroxylation sites is 2. The van der Waals surface area contributed by atoms with Crippen molar-refractivity contribution < 1.29 is 14.3 Å². The third-order valence-corrected chi connectivity index (χ3v) is 6.80. The maximum absolute atomic E-state index is 12.7. The number of hydrogen-bond acceptors (Lipinski definition) is 6. The van der Waals surface area contributed by atoms with Crippen molar-refractivity contribution in [3.63, 3.8) is 0 Å². The first kappa shape index (κ1) is 23.0. The van der Waals surface area contributed by atoms with E-state index >= 15 is 0 Å². The Morgan fingerprint density at radius 3 is 2.74 bits per heavy atom. The molecule has 0 fully saturated rings. The summed E-state index contributed by atoms with van der Waals surface area (Å²) in [6.45, 7) is 6.68. The predicted molar refractivity (Wildman–Crippen MR) is 137 cm³/mol. The lowest BCUT2D eigenvalue weighted by Crippen LogP contribution is -2.28. The smallest absolute Gasteiger partial charge is 0.230 e. The number of hydrogen-bond donors (Lipinski definition) is 1. The van der Waals surface area contributed by atoms with Gasteiger partial charge in [-0.15, -0.1) is 16.8 Å². The number of fused-ring (bicyclic) bond motifs is 2. The molecule has 35 heavy (non-hydrogen) atoms. The first-order valence-corrected chi connectivity index (χ1v) is 12.4. The van der Waals surface area contributed by atoms with E-state index in [1.165, 1.54) is 17.1 Å². The molecule has 178 valence electrons. The van der Waals surface area contributed by atoms with Crippen LogP contribution >= 0.6 is 11.8 Å². The molecule has 0 unspecified atom stereocenters. The fraction of sp³-hybridized carbons (Fsp3) is 0.222. The van der Waals surface area contributed by atoms with Gasteiger partial charge in [0, 0.05) is 6.54 Å². The van der Waals surface area contributed by atoms with E-state index in [1.54, 1.807) is 6.08 Å². The van der Waals surface area contributed by atoms with Crippen LogP contribution in [0, 0.1) is 0 Å². The standard InChI is InChI=1S/C27H26N4O3S/c1-3-14-31-26(24-16-33-22-10-6-7-11-23(22)34-24)29-30-27(31)35-17-25(32)28-18(2)20-13-12-19-8-4-5-9-21(19)15-20/h3-13,15,18,24H,1,14,16-17H2,2H3,(H,28,32)/t18-,24-/m0/s1. The van der Waals surface area contributed by atoms with Gasteiger partial charge in [-0.3, -0.25) is 9.36 Å². The van der Waals surface area contributed by atoms with Crippen LogP contribution in [-0.2, 0) is 11.3 Å². The summed E-state index contributed by atoms with van der Waals surface area (Å²) >= 11 is 1.34. The fourth-order valence-electron chi connectivity index (χ4n) is 4.07. The Morgan fingerprint density at radius 1 is 1.14 bits per heavy atom. The molecule has 0 saturated heterocycles. The number of ether oxygens (including phenoxy) is 2. The van der Waals surface area contributed by atoms with Crippen molar-refractivity contribution in [2.24, 2.45) is 0 Å². The maximum atomic E-state index is 12.7. The van der Waals surface area contributed by atoms with Gasteiger partial charge in [-0.05, 0) is 41.5 Å². The Hall–Kier alpha value is -3.78. The van der Waals surface area contributed by atoms with Gasteiger partial charge in [-0.2, -0.15) is 0 Å². The number of aromatic nitrogens is 3. The molecule has 1 N–H and O–H groups in total. The third-order valence-electron chi connectivity index (χ3n) is 5.84. The molecular weight excluding hydrogens is 460 g/mol. The van der Waals surface area contributed by atoms with Crippen molar-refractivity contribution >= 4 is 28.4 Å². The second-order valence-electron chi connectivity index (χ2n) is 8.29. The molecule has 3 aromatic carbocycles. The van der Waals surface area contributed by atoms with E-state index in [1.807, 2.05) is 47.9 Å². The summed E-state index contributed by atoms with van der Waals surface area (Å²) in [6, 6.07) is 21.9. The molecule has 0 bridgehead atoms. The molecule has 0 aliphatic carbocycles. The van der Waals surface area contributed by atoms with E-state index in [0.717, 1.165) is 10.9 Å². The van der Waals surface area contributed by atoms with Gasteiger partial charge >= 0.3 is 0 Å². The van der Waals surface area contributed by atoms with Crippen molar-refractivity contribution in [1.29, 1.82) is 0 Å². The Labute approximate surface area is 208 Å². The number of nitrogens with zero attached hydrogens (tertiary/aromatic N) is 3. The van der Waals surface area contributed by atoms with Gasteiger partial charge in [-0.25, -0.2) is 0 Å². The Bertz CT molecular complexity index is 1370. The van der Waals surface area contributed by atoms with E-state index in [0.29, 0.717) is 35.6 Å². The van der Waals surface area contributed by atoms with Crippen molar-refractivity contribution in [1.82, 2.24) is 20.1 Å². The lowest BCUT2D eigenvalue weighted by molar-refractivity contribution is -0.119. The third kappa shape index (κ3) is 5.02. The lowest BCUT2D eigenvalue weighted by Gasteiger charge is -2.26. The Kier molecular flexibility index (Phi) is 6.72. The second-order valence-corrected chi connectivity index (χ2v) is 9.23. The number of benzene rings is 3. The summed E-state index contributed by atoms with van der Waals surface area (Å²) in [7, 11) is 0. The van der Waals surface area contributed by atoms with Crippen molar-refractivity contribution in [2.75, 3.05) is 12.4 Å². The highest BCUT2D eigenvalue weighted by Crippen LogP contribution is 2.36. The Morgan fingerprint density at radius 2 is 1.91 bits per heavy atom. The number of nitrogens with one attached hydrogen (secondary N) is 1. The summed E-state index contributed by atoms with van der Waals surface area (Å²) in [5, 5.41) is 14.7. The molecule has 4 aromatic rings. The monoisotopic (exact) mass is 486 g/mol. The molecule has 0 spiro atoms. The van der Waals surface area contributed by atoms with Crippen molar-refractivity contribution in [2.45, 2.75) is 30.8 Å². The number of carbonyl (C=O) groups is 1. The van der Waals surface area contributed by atoms with Gasteiger partial charge < -0.3 is 14.8 Å². The summed E-state index contributed by atoms with van der Waals surface area (Å²) in [5.74, 6) is 2.18. The highest BCUT2D eigenvalue weighted by Gasteiger charge is 2.28. The van der Waals surface area contributed by atoms with E-state index < -0.39 is 6.10 Å². The summed E-state index contributed by atoms with van der Waals surface area (Å²) < 4.78 is 13.9. The number of thioether (sulfide) groups is 1. The second kappa shape index (κ2) is 10.2. The zero-order chi connectivity index (χ0) is 24.2. The molecule has 8 heteroatoms. The van der Waals surface area contributed by atoms with Gasteiger partial charge in [0.15, 0.2) is 28.6 Å². The van der Waals surface area contributed by atoms with E-state index in [2.05, 4.69) is 52.4 Å². The first-order valence-electron chi connectivity index (χ1n) is 11.5. The SMILES string of the molecule is C=CCn1c(SCC(=O)N[C@@H](C)c2ccc3ccccc3c2)nnc1[C@@H]1COc2ccccc2O1. The zero-order valence-corrected chi connectivity index (χ0v) is 20.2. The van der Waals surface area contributed by atoms with E-state index in [-0.39, 0.29) is 17.7 Å². The molecule has 1 aromatic heterocycles. The van der Waals surface area contributed by atoms with E-state index in [9.17, 15) is 4.79 Å². The van der Waals surface area contributed by atoms with Gasteiger partial charge in [0.1, 0.15) is 6.61 Å². The number of amides is 1. The highest BCUT2D eigenvalue weighted by molar-refractivity contribution is 7.99. The van der Waals surface area contributed by atoms with Crippen molar-refractivity contribution in [3.05, 3.63) is 90.8 Å². The predicted octanol–water partition coefficient (Wildman–Crippen LogP) is 5.10. The van der Waals surface area contributed by atoms with Gasteiger partial charge in [0.2, 0.25) is 5.91 Å². The molecule has 1 amide bonds. The maximum Gasteiger partial charge on any atom is 0.230 e. The van der Waals surface area contributed by atoms with Crippen molar-refractivity contribution in [3.8, 4) is 11.5 Å². The van der Waals surface area contributed by atoms with Crippen LogP contribution in [0.25, 0.3) is 10.8 Å².